The lowest BCUT2D eigenvalue weighted by Crippen LogP contribution is -2.37. The fourth-order valence-corrected chi connectivity index (χ4v) is 3.10. The zero-order chi connectivity index (χ0) is 14.4. The van der Waals surface area contributed by atoms with Crippen molar-refractivity contribution < 1.29 is 22.8 Å². The monoisotopic (exact) mass is 333 g/mol. The van der Waals surface area contributed by atoms with Crippen LogP contribution in [0.15, 0.2) is 12.2 Å². The third kappa shape index (κ3) is 2.60. The quantitative estimate of drug-likeness (QED) is 0.344. The molecule has 3 atom stereocenters. The van der Waals surface area contributed by atoms with E-state index >= 15 is 0 Å². The summed E-state index contributed by atoms with van der Waals surface area (Å²) in [7, 11) is 0. The van der Waals surface area contributed by atoms with Crippen molar-refractivity contribution in [3.8, 4) is 0 Å². The van der Waals surface area contributed by atoms with Crippen molar-refractivity contribution in [1.82, 2.24) is 4.31 Å². The van der Waals surface area contributed by atoms with E-state index < -0.39 is 33.5 Å². The average molecular weight is 334 g/mol. The molecular formula is C10H8Cl2F3NO2S. The Bertz CT molecular complexity index is 453. The highest BCUT2D eigenvalue weighted by atomic mass is 35.5. The number of hydrogen-bond acceptors (Lipinski definition) is 3. The van der Waals surface area contributed by atoms with Crippen molar-refractivity contribution in [3.05, 3.63) is 12.2 Å². The Hall–Kier alpha value is -0.400. The summed E-state index contributed by atoms with van der Waals surface area (Å²) in [5.74, 6) is -2.83. The number of imide groups is 1. The van der Waals surface area contributed by atoms with Crippen LogP contribution in [0.1, 0.15) is 12.8 Å². The van der Waals surface area contributed by atoms with E-state index in [-0.39, 0.29) is 11.9 Å². The van der Waals surface area contributed by atoms with Gasteiger partial charge in [-0.3, -0.25) is 9.59 Å². The first-order chi connectivity index (χ1) is 8.65. The number of amides is 2. The number of carbonyl (C=O) groups is 2. The van der Waals surface area contributed by atoms with Gasteiger partial charge in [-0.15, -0.1) is 0 Å². The number of hydrogen-bond donors (Lipinski definition) is 0. The summed E-state index contributed by atoms with van der Waals surface area (Å²) < 4.78 is 35.6. The fourth-order valence-electron chi connectivity index (χ4n) is 2.01. The molecule has 0 spiro atoms. The number of fused-ring (bicyclic) bond motifs is 1. The van der Waals surface area contributed by atoms with Crippen molar-refractivity contribution in [2.75, 3.05) is 0 Å². The highest BCUT2D eigenvalue weighted by molar-refractivity contribution is 8.00. The largest absolute Gasteiger partial charge is 0.380 e. The second kappa shape index (κ2) is 4.86. The maximum absolute atomic E-state index is 13.6. The van der Waals surface area contributed by atoms with Crippen LogP contribution in [0.4, 0.5) is 13.2 Å². The van der Waals surface area contributed by atoms with Gasteiger partial charge in [-0.05, 0) is 24.4 Å². The van der Waals surface area contributed by atoms with E-state index in [1.165, 1.54) is 6.08 Å². The molecule has 9 heteroatoms. The number of nitrogens with zero attached hydrogens (tertiary/aromatic N) is 1. The molecule has 2 rings (SSSR count). The summed E-state index contributed by atoms with van der Waals surface area (Å²) in [5, 5.41) is -4.41. The van der Waals surface area contributed by atoms with E-state index in [9.17, 15) is 22.8 Å². The van der Waals surface area contributed by atoms with E-state index in [1.807, 2.05) is 0 Å². The molecule has 1 heterocycles. The first-order valence-corrected chi connectivity index (χ1v) is 6.86. The zero-order valence-electron chi connectivity index (χ0n) is 9.29. The van der Waals surface area contributed by atoms with Crippen LogP contribution in [0.3, 0.4) is 0 Å². The van der Waals surface area contributed by atoms with Crippen LogP contribution >= 0.6 is 35.1 Å². The summed E-state index contributed by atoms with van der Waals surface area (Å²) in [6, 6.07) is 0. The molecule has 19 heavy (non-hydrogen) atoms. The SMILES string of the molecule is O=C1C2C=CCCC2C(=O)N1SC(F)(Cl)C(F)(F)Cl. The van der Waals surface area contributed by atoms with Gasteiger partial charge in [0, 0.05) is 11.9 Å². The van der Waals surface area contributed by atoms with Gasteiger partial charge in [0.2, 0.25) is 11.8 Å². The van der Waals surface area contributed by atoms with Gasteiger partial charge in [-0.25, -0.2) is 8.70 Å². The normalized spacial score (nSPS) is 30.5. The van der Waals surface area contributed by atoms with E-state index in [0.717, 1.165) is 0 Å². The molecule has 1 aliphatic heterocycles. The minimum absolute atomic E-state index is 0.355. The predicted octanol–water partition coefficient (Wildman–Crippen LogP) is 3.28. The second-order valence-electron chi connectivity index (χ2n) is 4.21. The molecule has 0 bridgehead atoms. The lowest BCUT2D eigenvalue weighted by atomic mass is 9.86. The molecule has 1 fully saturated rings. The Kier molecular flexibility index (Phi) is 3.83. The van der Waals surface area contributed by atoms with Gasteiger partial charge < -0.3 is 0 Å². The molecule has 0 aromatic rings. The lowest BCUT2D eigenvalue weighted by molar-refractivity contribution is -0.133. The fraction of sp³-hybridized carbons (Fsp3) is 0.600. The first kappa shape index (κ1) is 15.0. The van der Waals surface area contributed by atoms with Gasteiger partial charge in [-0.2, -0.15) is 8.78 Å². The van der Waals surface area contributed by atoms with Crippen molar-refractivity contribution in [1.29, 1.82) is 0 Å². The topological polar surface area (TPSA) is 37.4 Å². The molecule has 0 N–H and O–H groups in total. The Morgan fingerprint density at radius 3 is 2.42 bits per heavy atom. The van der Waals surface area contributed by atoms with Gasteiger partial charge in [0.05, 0.1) is 11.8 Å². The van der Waals surface area contributed by atoms with E-state index in [4.69, 9.17) is 11.6 Å². The smallest absolute Gasteiger partial charge is 0.273 e. The summed E-state index contributed by atoms with van der Waals surface area (Å²) >= 11 is 9.11. The molecule has 1 aliphatic carbocycles. The lowest BCUT2D eigenvalue weighted by Gasteiger charge is -2.25. The molecule has 3 unspecified atom stereocenters. The molecule has 0 aromatic carbocycles. The van der Waals surface area contributed by atoms with Crippen molar-refractivity contribution >= 4 is 47.0 Å². The summed E-state index contributed by atoms with van der Waals surface area (Å²) in [6.07, 6.45) is 4.27. The van der Waals surface area contributed by atoms with E-state index in [0.29, 0.717) is 17.1 Å². The maximum atomic E-state index is 13.6. The molecule has 1 saturated heterocycles. The van der Waals surface area contributed by atoms with Crippen molar-refractivity contribution in [2.45, 2.75) is 22.7 Å². The third-order valence-corrected chi connectivity index (χ3v) is 4.90. The van der Waals surface area contributed by atoms with Gasteiger partial charge in [0.1, 0.15) is 0 Å². The van der Waals surface area contributed by atoms with E-state index in [1.54, 1.807) is 6.08 Å². The molecule has 2 amide bonds. The van der Waals surface area contributed by atoms with Gasteiger partial charge in [0.25, 0.3) is 0 Å². The number of halogens is 5. The highest BCUT2D eigenvalue weighted by Crippen LogP contribution is 2.51. The number of rotatable bonds is 3. The van der Waals surface area contributed by atoms with Crippen LogP contribution < -0.4 is 0 Å². The molecular weight excluding hydrogens is 326 g/mol. The van der Waals surface area contributed by atoms with Gasteiger partial charge in [-0.1, -0.05) is 23.8 Å². The molecule has 2 aliphatic rings. The second-order valence-corrected chi connectivity index (χ2v) is 6.54. The zero-order valence-corrected chi connectivity index (χ0v) is 11.6. The maximum Gasteiger partial charge on any atom is 0.380 e. The Morgan fingerprint density at radius 2 is 1.89 bits per heavy atom. The van der Waals surface area contributed by atoms with Crippen LogP contribution in [-0.4, -0.2) is 26.0 Å². The first-order valence-electron chi connectivity index (χ1n) is 5.33. The summed E-state index contributed by atoms with van der Waals surface area (Å²) in [5.41, 5.74) is 0. The van der Waals surface area contributed by atoms with Gasteiger partial charge >= 0.3 is 9.84 Å². The Morgan fingerprint density at radius 1 is 1.26 bits per heavy atom. The minimum atomic E-state index is -4.41. The Balaban J connectivity index is 2.21. The molecule has 3 nitrogen and oxygen atoms in total. The predicted molar refractivity (Wildman–Crippen MR) is 65.3 cm³/mol. The van der Waals surface area contributed by atoms with Crippen LogP contribution in [0.5, 0.6) is 0 Å². The van der Waals surface area contributed by atoms with Crippen molar-refractivity contribution in [3.63, 3.8) is 0 Å². The van der Waals surface area contributed by atoms with Gasteiger partial charge in [0.15, 0.2) is 0 Å². The molecule has 0 radical (unpaired) electrons. The average Bonchev–Trinajstić information content (AvgIpc) is 2.54. The van der Waals surface area contributed by atoms with E-state index in [2.05, 4.69) is 11.6 Å². The standard InChI is InChI=1S/C10H8Cl2F3NO2S/c11-9(13,14)10(12,15)19-16-7(17)5-3-1-2-4-6(5)8(16)18/h1,3,5-6H,2,4H2. The number of allylic oxidation sites excluding steroid dienone is 1. The van der Waals surface area contributed by atoms with Crippen LogP contribution in [0.2, 0.25) is 0 Å². The molecule has 106 valence electrons. The summed E-state index contributed by atoms with van der Waals surface area (Å²) in [4.78, 5) is 23.8. The third-order valence-electron chi connectivity index (χ3n) is 2.96. The number of carbonyl (C=O) groups excluding carboxylic acids is 2. The van der Waals surface area contributed by atoms with Crippen LogP contribution in [0.25, 0.3) is 0 Å². The highest BCUT2D eigenvalue weighted by Gasteiger charge is 2.59. The molecule has 0 aromatic heterocycles. The summed E-state index contributed by atoms with van der Waals surface area (Å²) in [6.45, 7) is 0. The van der Waals surface area contributed by atoms with Crippen LogP contribution in [0, 0.1) is 11.8 Å². The van der Waals surface area contributed by atoms with Crippen molar-refractivity contribution in [2.24, 2.45) is 11.8 Å². The molecule has 0 saturated carbocycles. The Labute approximate surface area is 121 Å². The minimum Gasteiger partial charge on any atom is -0.273 e. The number of alkyl halides is 5. The van der Waals surface area contributed by atoms with Crippen LogP contribution in [-0.2, 0) is 9.59 Å².